The van der Waals surface area contributed by atoms with E-state index in [9.17, 15) is 18.3 Å². The van der Waals surface area contributed by atoms with Gasteiger partial charge >= 0.3 is 6.18 Å². The molecule has 1 aromatic rings. The third kappa shape index (κ3) is 6.60. The molecule has 0 fully saturated rings. The van der Waals surface area contributed by atoms with Crippen LogP contribution in [-0.4, -0.2) is 35.7 Å². The van der Waals surface area contributed by atoms with E-state index >= 15 is 0 Å². The first-order valence-corrected chi connectivity index (χ1v) is 10.2. The Bertz CT molecular complexity index is 690. The van der Waals surface area contributed by atoms with Crippen molar-refractivity contribution in [2.45, 2.75) is 76.6 Å². The SMILES string of the molecule is CCCCCCCCOc1ccc(C2=NOC([C@@](C)(N)CO)C2)cc1C(F)(F)F. The Balaban J connectivity index is 2.03. The fraction of sp³-hybridized carbons (Fsp3) is 0.667. The van der Waals surface area contributed by atoms with Gasteiger partial charge in [0.15, 0.2) is 6.10 Å². The minimum atomic E-state index is -4.54. The summed E-state index contributed by atoms with van der Waals surface area (Å²) in [5.74, 6) is -0.176. The second-order valence-electron chi connectivity index (χ2n) is 7.83. The molecule has 8 heteroatoms. The number of alkyl halides is 3. The molecule has 0 saturated heterocycles. The lowest BCUT2D eigenvalue weighted by Crippen LogP contribution is -2.51. The number of rotatable bonds is 11. The fourth-order valence-corrected chi connectivity index (χ4v) is 3.12. The Labute approximate surface area is 170 Å². The molecule has 0 saturated carbocycles. The van der Waals surface area contributed by atoms with Gasteiger partial charge in [-0.2, -0.15) is 13.2 Å². The van der Waals surface area contributed by atoms with Crippen molar-refractivity contribution in [2.75, 3.05) is 13.2 Å². The van der Waals surface area contributed by atoms with Crippen molar-refractivity contribution < 1.29 is 27.9 Å². The smallest absolute Gasteiger partial charge is 0.419 e. The second-order valence-corrected chi connectivity index (χ2v) is 7.83. The summed E-state index contributed by atoms with van der Waals surface area (Å²) in [4.78, 5) is 5.24. The minimum absolute atomic E-state index is 0.176. The standard InChI is InChI=1S/C21H31F3N2O3/c1-3-4-5-6-7-8-11-28-18-10-9-15(12-16(18)21(22,23)24)17-13-19(29-26-17)20(2,25)14-27/h9-10,12,19,27H,3-8,11,13-14,25H2,1-2H3/t19?,20-/m0/s1. The number of aliphatic hydroxyl groups is 1. The van der Waals surface area contributed by atoms with Crippen molar-refractivity contribution in [3.8, 4) is 5.75 Å². The van der Waals surface area contributed by atoms with Crippen LogP contribution < -0.4 is 10.5 Å². The molecule has 1 aromatic carbocycles. The molecule has 1 unspecified atom stereocenters. The van der Waals surface area contributed by atoms with Crippen LogP contribution in [0.15, 0.2) is 23.4 Å². The average Bonchev–Trinajstić information content (AvgIpc) is 3.18. The fourth-order valence-electron chi connectivity index (χ4n) is 3.12. The Kier molecular flexibility index (Phi) is 8.34. The topological polar surface area (TPSA) is 77.1 Å². The summed E-state index contributed by atoms with van der Waals surface area (Å²) in [7, 11) is 0. The van der Waals surface area contributed by atoms with Crippen LogP contribution in [0.25, 0.3) is 0 Å². The molecule has 1 aliphatic rings. The molecule has 0 amide bonds. The van der Waals surface area contributed by atoms with Crippen molar-refractivity contribution in [2.24, 2.45) is 10.9 Å². The van der Waals surface area contributed by atoms with Crippen molar-refractivity contribution >= 4 is 5.71 Å². The van der Waals surface area contributed by atoms with Gasteiger partial charge in [-0.3, -0.25) is 0 Å². The summed E-state index contributed by atoms with van der Waals surface area (Å²) in [5.41, 5.74) is 4.76. The Hall–Kier alpha value is -1.80. The molecule has 2 rings (SSSR count). The highest BCUT2D eigenvalue weighted by Gasteiger charge is 2.38. The minimum Gasteiger partial charge on any atom is -0.493 e. The van der Waals surface area contributed by atoms with Crippen LogP contribution >= 0.6 is 0 Å². The summed E-state index contributed by atoms with van der Waals surface area (Å²) in [6, 6.07) is 3.91. The second kappa shape index (κ2) is 10.3. The van der Waals surface area contributed by atoms with Crippen LogP contribution in [-0.2, 0) is 11.0 Å². The summed E-state index contributed by atoms with van der Waals surface area (Å²) in [5, 5.41) is 13.2. The number of unbranched alkanes of at least 4 members (excludes halogenated alkanes) is 5. The largest absolute Gasteiger partial charge is 0.493 e. The number of benzene rings is 1. The molecule has 29 heavy (non-hydrogen) atoms. The molecule has 5 nitrogen and oxygen atoms in total. The molecule has 1 aliphatic heterocycles. The highest BCUT2D eigenvalue weighted by Crippen LogP contribution is 2.38. The van der Waals surface area contributed by atoms with Crippen molar-refractivity contribution in [3.63, 3.8) is 0 Å². The van der Waals surface area contributed by atoms with Crippen LogP contribution in [0.2, 0.25) is 0 Å². The molecule has 164 valence electrons. The number of hydrogen-bond acceptors (Lipinski definition) is 5. The highest BCUT2D eigenvalue weighted by molar-refractivity contribution is 6.01. The average molecular weight is 416 g/mol. The first-order valence-electron chi connectivity index (χ1n) is 10.2. The van der Waals surface area contributed by atoms with Gasteiger partial charge in [0.1, 0.15) is 5.75 Å². The van der Waals surface area contributed by atoms with Crippen LogP contribution in [0.4, 0.5) is 13.2 Å². The van der Waals surface area contributed by atoms with Gasteiger partial charge in [-0.25, -0.2) is 0 Å². The zero-order valence-electron chi connectivity index (χ0n) is 17.1. The number of aliphatic hydroxyl groups excluding tert-OH is 1. The number of ether oxygens (including phenoxy) is 1. The monoisotopic (exact) mass is 416 g/mol. The maximum absolute atomic E-state index is 13.5. The van der Waals surface area contributed by atoms with E-state index in [2.05, 4.69) is 12.1 Å². The summed E-state index contributed by atoms with van der Waals surface area (Å²) in [6.07, 6.45) is 1.29. The van der Waals surface area contributed by atoms with Crippen LogP contribution in [0.1, 0.15) is 69.9 Å². The van der Waals surface area contributed by atoms with E-state index in [1.807, 2.05) is 0 Å². The maximum Gasteiger partial charge on any atom is 0.419 e. The van der Waals surface area contributed by atoms with Crippen LogP contribution in [0, 0.1) is 0 Å². The molecule has 0 radical (unpaired) electrons. The molecule has 0 bridgehead atoms. The first kappa shape index (κ1) is 23.5. The first-order chi connectivity index (χ1) is 13.7. The lowest BCUT2D eigenvalue weighted by Gasteiger charge is -2.26. The van der Waals surface area contributed by atoms with E-state index in [4.69, 9.17) is 15.3 Å². The molecular formula is C21H31F3N2O3. The lowest BCUT2D eigenvalue weighted by molar-refractivity contribution is -0.139. The predicted octanol–water partition coefficient (Wildman–Crippen LogP) is 4.65. The van der Waals surface area contributed by atoms with Gasteiger partial charge in [0, 0.05) is 12.0 Å². The predicted molar refractivity (Wildman–Crippen MR) is 106 cm³/mol. The van der Waals surface area contributed by atoms with E-state index < -0.39 is 23.4 Å². The van der Waals surface area contributed by atoms with Gasteiger partial charge in [0.2, 0.25) is 0 Å². The summed E-state index contributed by atoms with van der Waals surface area (Å²) >= 11 is 0. The van der Waals surface area contributed by atoms with Crippen LogP contribution in [0.3, 0.4) is 0 Å². The zero-order chi connectivity index (χ0) is 21.5. The Morgan fingerprint density at radius 3 is 2.55 bits per heavy atom. The third-order valence-electron chi connectivity index (χ3n) is 5.12. The van der Waals surface area contributed by atoms with Gasteiger partial charge in [-0.1, -0.05) is 44.2 Å². The van der Waals surface area contributed by atoms with Crippen LogP contribution in [0.5, 0.6) is 5.75 Å². The Morgan fingerprint density at radius 2 is 1.90 bits per heavy atom. The van der Waals surface area contributed by atoms with Crippen molar-refractivity contribution in [3.05, 3.63) is 29.3 Å². The maximum atomic E-state index is 13.5. The zero-order valence-corrected chi connectivity index (χ0v) is 17.1. The number of nitrogens with two attached hydrogens (primary N) is 1. The molecule has 0 aromatic heterocycles. The lowest BCUT2D eigenvalue weighted by atomic mass is 9.91. The van der Waals surface area contributed by atoms with E-state index in [1.165, 1.54) is 12.5 Å². The van der Waals surface area contributed by atoms with E-state index in [1.54, 1.807) is 13.0 Å². The third-order valence-corrected chi connectivity index (χ3v) is 5.12. The molecular weight excluding hydrogens is 385 g/mol. The quantitative estimate of drug-likeness (QED) is 0.515. The molecule has 3 N–H and O–H groups in total. The van der Waals surface area contributed by atoms with E-state index in [0.717, 1.165) is 38.2 Å². The number of hydrogen-bond donors (Lipinski definition) is 2. The highest BCUT2D eigenvalue weighted by atomic mass is 19.4. The van der Waals surface area contributed by atoms with Gasteiger partial charge in [-0.15, -0.1) is 0 Å². The summed E-state index contributed by atoms with van der Waals surface area (Å²) < 4.78 is 46.1. The normalized spacial score (nSPS) is 18.9. The number of halogens is 3. The Morgan fingerprint density at radius 1 is 1.21 bits per heavy atom. The number of nitrogens with zero attached hydrogens (tertiary/aromatic N) is 1. The van der Waals surface area contributed by atoms with Gasteiger partial charge in [0.05, 0.1) is 30.0 Å². The molecule has 2 atom stereocenters. The van der Waals surface area contributed by atoms with Gasteiger partial charge in [-0.05, 0) is 31.5 Å². The molecule has 0 aliphatic carbocycles. The van der Waals surface area contributed by atoms with Gasteiger partial charge < -0.3 is 20.4 Å². The van der Waals surface area contributed by atoms with Crippen molar-refractivity contribution in [1.82, 2.24) is 0 Å². The van der Waals surface area contributed by atoms with Crippen molar-refractivity contribution in [1.29, 1.82) is 0 Å². The molecule has 1 heterocycles. The van der Waals surface area contributed by atoms with E-state index in [0.29, 0.717) is 11.3 Å². The summed E-state index contributed by atoms with van der Waals surface area (Å²) in [6.45, 7) is 3.68. The molecule has 0 spiro atoms. The number of oxime groups is 1. The van der Waals surface area contributed by atoms with E-state index in [-0.39, 0.29) is 25.4 Å². The van der Waals surface area contributed by atoms with Gasteiger partial charge in [0.25, 0.3) is 0 Å².